The van der Waals surface area contributed by atoms with Crippen LogP contribution in [0.3, 0.4) is 0 Å². The minimum atomic E-state index is -0.143. The molecule has 1 aliphatic rings. The molecule has 0 bridgehead atoms. The first-order valence-corrected chi connectivity index (χ1v) is 5.76. The smallest absolute Gasteiger partial charge is 0.322 e. The molecule has 0 unspecified atom stereocenters. The summed E-state index contributed by atoms with van der Waals surface area (Å²) in [5.41, 5.74) is 1.32. The zero-order valence-electron chi connectivity index (χ0n) is 10.2. The highest BCUT2D eigenvalue weighted by atomic mass is 16.5. The Balaban J connectivity index is 2.47. The van der Waals surface area contributed by atoms with Crippen LogP contribution in [0.5, 0.6) is 0 Å². The van der Waals surface area contributed by atoms with Crippen molar-refractivity contribution < 1.29 is 9.53 Å². The van der Waals surface area contributed by atoms with E-state index in [0.29, 0.717) is 5.92 Å². The molecule has 0 aliphatic carbocycles. The summed E-state index contributed by atoms with van der Waals surface area (Å²) in [7, 11) is 1.44. The van der Waals surface area contributed by atoms with Crippen LogP contribution in [0, 0.1) is 5.92 Å². The topological polar surface area (TPSA) is 38.3 Å². The molecule has 1 saturated heterocycles. The van der Waals surface area contributed by atoms with Gasteiger partial charge in [-0.15, -0.1) is 0 Å². The molecule has 3 heteroatoms. The molecule has 0 aromatic heterocycles. The summed E-state index contributed by atoms with van der Waals surface area (Å²) in [6.45, 7) is 6.69. The van der Waals surface area contributed by atoms with Gasteiger partial charge in [-0.1, -0.05) is 24.3 Å². The fourth-order valence-corrected chi connectivity index (χ4v) is 2.23. The number of carbonyl (C=O) groups excluding carboxylic acids is 1. The lowest BCUT2D eigenvalue weighted by Gasteiger charge is -2.28. The van der Waals surface area contributed by atoms with E-state index in [2.05, 4.69) is 18.8 Å². The molecule has 0 radical (unpaired) electrons. The molecule has 3 nitrogen and oxygen atoms in total. The van der Waals surface area contributed by atoms with Crippen LogP contribution in [-0.4, -0.2) is 25.7 Å². The number of allylic oxidation sites excluding steroid dienone is 3. The molecule has 0 aromatic carbocycles. The van der Waals surface area contributed by atoms with E-state index >= 15 is 0 Å². The number of hydrogen-bond acceptors (Lipinski definition) is 3. The quantitative estimate of drug-likeness (QED) is 0.585. The third-order valence-corrected chi connectivity index (χ3v) is 3.01. The third-order valence-electron chi connectivity index (χ3n) is 3.01. The van der Waals surface area contributed by atoms with Crippen LogP contribution >= 0.6 is 0 Å². The van der Waals surface area contributed by atoms with Crippen molar-refractivity contribution in [1.29, 1.82) is 0 Å². The average molecular weight is 223 g/mol. The average Bonchev–Trinajstić information content (AvgIpc) is 2.28. The van der Waals surface area contributed by atoms with Gasteiger partial charge in [-0.05, 0) is 38.6 Å². The second-order valence-electron chi connectivity index (χ2n) is 4.37. The number of nitrogens with one attached hydrogen (secondary N) is 1. The Labute approximate surface area is 97.6 Å². The highest BCUT2D eigenvalue weighted by molar-refractivity contribution is 5.75. The molecule has 0 amide bonds. The fourth-order valence-electron chi connectivity index (χ4n) is 2.23. The molecule has 0 spiro atoms. The molecule has 2 atom stereocenters. The molecule has 1 fully saturated rings. The van der Waals surface area contributed by atoms with E-state index in [1.54, 1.807) is 0 Å². The Bertz CT molecular complexity index is 284. The first-order chi connectivity index (χ1) is 7.67. The molecule has 1 aliphatic heterocycles. The Kier molecular flexibility index (Phi) is 5.26. The van der Waals surface area contributed by atoms with Crippen molar-refractivity contribution >= 4 is 5.97 Å². The Hall–Kier alpha value is -1.09. The maximum Gasteiger partial charge on any atom is 0.322 e. The van der Waals surface area contributed by atoms with Crippen molar-refractivity contribution in [3.05, 3.63) is 24.3 Å². The lowest BCUT2D eigenvalue weighted by molar-refractivity contribution is -0.144. The normalized spacial score (nSPS) is 26.2. The minimum absolute atomic E-state index is 0.125. The first-order valence-electron chi connectivity index (χ1n) is 5.76. The van der Waals surface area contributed by atoms with E-state index in [9.17, 15) is 4.79 Å². The molecular formula is C13H21NO2. The summed E-state index contributed by atoms with van der Waals surface area (Å²) in [5.74, 6) is 0.427. The molecular weight excluding hydrogens is 202 g/mol. The van der Waals surface area contributed by atoms with Gasteiger partial charge in [-0.2, -0.15) is 0 Å². The second kappa shape index (κ2) is 6.48. The van der Waals surface area contributed by atoms with Gasteiger partial charge in [0.2, 0.25) is 0 Å². The van der Waals surface area contributed by atoms with Gasteiger partial charge in [0.05, 0.1) is 7.11 Å². The van der Waals surface area contributed by atoms with E-state index in [4.69, 9.17) is 4.74 Å². The Morgan fingerprint density at radius 1 is 1.62 bits per heavy atom. The van der Waals surface area contributed by atoms with Gasteiger partial charge >= 0.3 is 5.97 Å². The summed E-state index contributed by atoms with van der Waals surface area (Å²) in [5, 5.41) is 3.19. The standard InChI is InChI=1S/C13H21NO2/c1-4-5-10(2)8-11-6-7-14-12(9-11)13(15)16-3/h4-5,11-12,14H,1,6-9H2,2-3H3/b10-5+/t11-,12-/m1/s1. The highest BCUT2D eigenvalue weighted by Gasteiger charge is 2.27. The zero-order valence-corrected chi connectivity index (χ0v) is 10.2. The fraction of sp³-hybridized carbons (Fsp3) is 0.615. The summed E-state index contributed by atoms with van der Waals surface area (Å²) in [6, 6.07) is -0.125. The van der Waals surface area contributed by atoms with Crippen LogP contribution in [0.4, 0.5) is 0 Å². The van der Waals surface area contributed by atoms with E-state index in [0.717, 1.165) is 25.8 Å². The van der Waals surface area contributed by atoms with Gasteiger partial charge in [0.1, 0.15) is 6.04 Å². The van der Waals surface area contributed by atoms with Gasteiger partial charge in [0.15, 0.2) is 0 Å². The van der Waals surface area contributed by atoms with Crippen LogP contribution < -0.4 is 5.32 Å². The van der Waals surface area contributed by atoms with Crippen molar-refractivity contribution in [1.82, 2.24) is 5.32 Å². The monoisotopic (exact) mass is 223 g/mol. The number of ether oxygens (including phenoxy) is 1. The number of esters is 1. The van der Waals surface area contributed by atoms with Gasteiger partial charge in [0.25, 0.3) is 0 Å². The molecule has 0 saturated carbocycles. The predicted molar refractivity (Wildman–Crippen MR) is 65.1 cm³/mol. The molecule has 1 N–H and O–H groups in total. The van der Waals surface area contributed by atoms with Crippen molar-refractivity contribution in [2.75, 3.05) is 13.7 Å². The lowest BCUT2D eigenvalue weighted by atomic mass is 9.87. The van der Waals surface area contributed by atoms with Gasteiger partial charge in [0, 0.05) is 0 Å². The summed E-state index contributed by atoms with van der Waals surface area (Å²) < 4.78 is 4.76. The van der Waals surface area contributed by atoms with Gasteiger partial charge < -0.3 is 10.1 Å². The molecule has 1 heterocycles. The van der Waals surface area contributed by atoms with E-state index in [1.165, 1.54) is 12.7 Å². The van der Waals surface area contributed by atoms with Crippen LogP contribution in [-0.2, 0) is 9.53 Å². The molecule has 90 valence electrons. The van der Waals surface area contributed by atoms with Crippen LogP contribution in [0.25, 0.3) is 0 Å². The number of carbonyl (C=O) groups is 1. The number of hydrogen-bond donors (Lipinski definition) is 1. The zero-order chi connectivity index (χ0) is 12.0. The SMILES string of the molecule is C=C/C=C(\C)C[C@H]1CCN[C@@H](C(=O)OC)C1. The number of methoxy groups -OCH3 is 1. The van der Waals surface area contributed by atoms with E-state index in [1.807, 2.05) is 12.2 Å². The Morgan fingerprint density at radius 3 is 3.00 bits per heavy atom. The molecule has 0 aromatic rings. The highest BCUT2D eigenvalue weighted by Crippen LogP contribution is 2.23. The largest absolute Gasteiger partial charge is 0.468 e. The van der Waals surface area contributed by atoms with Crippen LogP contribution in [0.2, 0.25) is 0 Å². The number of piperidine rings is 1. The molecule has 1 rings (SSSR count). The van der Waals surface area contributed by atoms with Crippen molar-refractivity contribution in [3.63, 3.8) is 0 Å². The minimum Gasteiger partial charge on any atom is -0.468 e. The predicted octanol–water partition coefficient (Wildman–Crippen LogP) is 2.05. The van der Waals surface area contributed by atoms with Crippen molar-refractivity contribution in [2.24, 2.45) is 5.92 Å². The summed E-state index contributed by atoms with van der Waals surface area (Å²) >= 11 is 0. The van der Waals surface area contributed by atoms with E-state index < -0.39 is 0 Å². The summed E-state index contributed by atoms with van der Waals surface area (Å²) in [4.78, 5) is 11.4. The third kappa shape index (κ3) is 3.81. The maximum atomic E-state index is 11.4. The Morgan fingerprint density at radius 2 is 2.38 bits per heavy atom. The van der Waals surface area contributed by atoms with E-state index in [-0.39, 0.29) is 12.0 Å². The second-order valence-corrected chi connectivity index (χ2v) is 4.37. The van der Waals surface area contributed by atoms with Crippen LogP contribution in [0.1, 0.15) is 26.2 Å². The van der Waals surface area contributed by atoms with Crippen molar-refractivity contribution in [3.8, 4) is 0 Å². The molecule has 16 heavy (non-hydrogen) atoms. The number of rotatable bonds is 4. The lowest BCUT2D eigenvalue weighted by Crippen LogP contribution is -2.44. The summed E-state index contributed by atoms with van der Waals surface area (Å²) in [6.07, 6.45) is 6.88. The van der Waals surface area contributed by atoms with Gasteiger partial charge in [-0.25, -0.2) is 0 Å². The maximum absolute atomic E-state index is 11.4. The first kappa shape index (κ1) is 13.0. The van der Waals surface area contributed by atoms with Gasteiger partial charge in [-0.3, -0.25) is 4.79 Å². The van der Waals surface area contributed by atoms with Crippen LogP contribution in [0.15, 0.2) is 24.3 Å². The van der Waals surface area contributed by atoms with Crippen molar-refractivity contribution in [2.45, 2.75) is 32.2 Å².